The fraction of sp³-hybridized carbons (Fsp3) is 0.370. The predicted octanol–water partition coefficient (Wildman–Crippen LogP) is 5.67. The quantitative estimate of drug-likeness (QED) is 0.476. The van der Waals surface area contributed by atoms with Crippen LogP contribution in [0.15, 0.2) is 54.6 Å². The SMILES string of the molecule is CCCN(CC(=O)Nc1cc(C(C)(C)C)nn1-c1ccccc1)C(=O)Nc1ccc(C)c(C)c1. The summed E-state index contributed by atoms with van der Waals surface area (Å²) in [6, 6.07) is 17.0. The Morgan fingerprint density at radius 2 is 1.68 bits per heavy atom. The number of nitrogens with zero attached hydrogens (tertiary/aromatic N) is 3. The van der Waals surface area contributed by atoms with Crippen molar-refractivity contribution in [3.8, 4) is 5.69 Å². The zero-order valence-electron chi connectivity index (χ0n) is 21.0. The minimum atomic E-state index is -0.299. The monoisotopic (exact) mass is 461 g/mol. The molecule has 0 saturated heterocycles. The summed E-state index contributed by atoms with van der Waals surface area (Å²) in [5.74, 6) is 0.299. The summed E-state index contributed by atoms with van der Waals surface area (Å²) in [6.07, 6.45) is 0.740. The Kier molecular flexibility index (Phi) is 7.76. The Bertz CT molecular complexity index is 1150. The van der Waals surface area contributed by atoms with Gasteiger partial charge in [-0.3, -0.25) is 4.79 Å². The molecule has 0 fully saturated rings. The smallest absolute Gasteiger partial charge is 0.315 e. The van der Waals surface area contributed by atoms with Crippen molar-refractivity contribution in [2.75, 3.05) is 23.7 Å². The van der Waals surface area contributed by atoms with E-state index in [2.05, 4.69) is 31.4 Å². The van der Waals surface area contributed by atoms with Crippen molar-refractivity contribution < 1.29 is 9.59 Å². The van der Waals surface area contributed by atoms with Gasteiger partial charge in [-0.2, -0.15) is 5.10 Å². The number of aryl methyl sites for hydroxylation is 2. The molecule has 3 aromatic rings. The third kappa shape index (κ3) is 6.25. The molecular formula is C27H35N5O2. The van der Waals surface area contributed by atoms with Crippen LogP contribution < -0.4 is 10.6 Å². The lowest BCUT2D eigenvalue weighted by atomic mass is 9.92. The van der Waals surface area contributed by atoms with Crippen LogP contribution in [-0.2, 0) is 10.2 Å². The number of hydrogen-bond donors (Lipinski definition) is 2. The molecule has 7 heteroatoms. The Morgan fingerprint density at radius 3 is 2.29 bits per heavy atom. The van der Waals surface area contributed by atoms with E-state index in [4.69, 9.17) is 5.10 Å². The standard InChI is InChI=1S/C27H35N5O2/c1-7-15-31(26(34)28-21-14-13-19(2)20(3)16-21)18-25(33)29-24-17-23(27(4,5)6)30-32(24)22-11-9-8-10-12-22/h8-14,16-17H,7,15,18H2,1-6H3,(H,28,34)(H,29,33). The van der Waals surface area contributed by atoms with Crippen molar-refractivity contribution in [1.82, 2.24) is 14.7 Å². The van der Waals surface area contributed by atoms with Gasteiger partial charge in [-0.05, 0) is 55.7 Å². The Labute approximate surface area is 202 Å². The van der Waals surface area contributed by atoms with Crippen LogP contribution in [0.25, 0.3) is 5.69 Å². The van der Waals surface area contributed by atoms with Crippen molar-refractivity contribution in [3.63, 3.8) is 0 Å². The maximum atomic E-state index is 13.0. The molecule has 0 aliphatic rings. The summed E-state index contributed by atoms with van der Waals surface area (Å²) in [5, 5.41) is 10.6. The molecule has 0 bridgehead atoms. The number of rotatable bonds is 7. The number of aromatic nitrogens is 2. The average Bonchev–Trinajstić information content (AvgIpc) is 3.21. The van der Waals surface area contributed by atoms with E-state index in [9.17, 15) is 9.59 Å². The maximum Gasteiger partial charge on any atom is 0.322 e. The molecule has 0 aliphatic heterocycles. The molecule has 0 radical (unpaired) electrons. The van der Waals surface area contributed by atoms with Crippen LogP contribution >= 0.6 is 0 Å². The van der Waals surface area contributed by atoms with Crippen LogP contribution in [0.4, 0.5) is 16.3 Å². The normalized spacial score (nSPS) is 11.2. The van der Waals surface area contributed by atoms with Gasteiger partial charge in [0, 0.05) is 23.7 Å². The molecule has 1 heterocycles. The van der Waals surface area contributed by atoms with E-state index in [-0.39, 0.29) is 23.9 Å². The second-order valence-corrected chi connectivity index (χ2v) is 9.61. The molecule has 7 nitrogen and oxygen atoms in total. The van der Waals surface area contributed by atoms with Crippen molar-refractivity contribution in [2.24, 2.45) is 0 Å². The molecule has 0 aliphatic carbocycles. The lowest BCUT2D eigenvalue weighted by molar-refractivity contribution is -0.116. The van der Waals surface area contributed by atoms with Gasteiger partial charge in [0.05, 0.1) is 11.4 Å². The van der Waals surface area contributed by atoms with Crippen LogP contribution in [0.3, 0.4) is 0 Å². The number of urea groups is 1. The lowest BCUT2D eigenvalue weighted by Crippen LogP contribution is -2.41. The van der Waals surface area contributed by atoms with Gasteiger partial charge in [-0.15, -0.1) is 0 Å². The Balaban J connectivity index is 1.77. The molecule has 0 saturated carbocycles. The molecule has 0 unspecified atom stereocenters. The molecule has 0 spiro atoms. The molecule has 3 amide bonds. The number of anilines is 2. The first-order valence-electron chi connectivity index (χ1n) is 11.7. The van der Waals surface area contributed by atoms with Gasteiger partial charge in [-0.1, -0.05) is 52.0 Å². The Morgan fingerprint density at radius 1 is 0.971 bits per heavy atom. The molecule has 2 N–H and O–H groups in total. The van der Waals surface area contributed by atoms with Crippen molar-refractivity contribution >= 4 is 23.4 Å². The van der Waals surface area contributed by atoms with Gasteiger partial charge in [0.15, 0.2) is 0 Å². The van der Waals surface area contributed by atoms with Crippen molar-refractivity contribution in [3.05, 3.63) is 71.4 Å². The lowest BCUT2D eigenvalue weighted by Gasteiger charge is -2.22. The highest BCUT2D eigenvalue weighted by Crippen LogP contribution is 2.26. The van der Waals surface area contributed by atoms with E-state index in [1.807, 2.05) is 75.4 Å². The highest BCUT2D eigenvalue weighted by molar-refractivity contribution is 5.96. The number of hydrogen-bond acceptors (Lipinski definition) is 3. The molecule has 2 aromatic carbocycles. The fourth-order valence-electron chi connectivity index (χ4n) is 3.50. The minimum Gasteiger partial charge on any atom is -0.315 e. The average molecular weight is 462 g/mol. The summed E-state index contributed by atoms with van der Waals surface area (Å²) < 4.78 is 1.73. The molecule has 0 atom stereocenters. The first-order valence-corrected chi connectivity index (χ1v) is 11.7. The number of benzene rings is 2. The number of carbonyl (C=O) groups is 2. The third-order valence-electron chi connectivity index (χ3n) is 5.62. The van der Waals surface area contributed by atoms with Gasteiger partial charge in [0.2, 0.25) is 5.91 Å². The largest absolute Gasteiger partial charge is 0.322 e. The number of carbonyl (C=O) groups excluding carboxylic acids is 2. The van der Waals surface area contributed by atoms with E-state index in [1.165, 1.54) is 4.90 Å². The third-order valence-corrected chi connectivity index (χ3v) is 5.62. The topological polar surface area (TPSA) is 79.3 Å². The predicted molar refractivity (Wildman–Crippen MR) is 138 cm³/mol. The van der Waals surface area contributed by atoms with Crippen LogP contribution in [0.5, 0.6) is 0 Å². The van der Waals surface area contributed by atoms with E-state index in [1.54, 1.807) is 4.68 Å². The summed E-state index contributed by atoms with van der Waals surface area (Å²) in [5.41, 5.74) is 4.51. The van der Waals surface area contributed by atoms with Crippen LogP contribution in [0, 0.1) is 13.8 Å². The van der Waals surface area contributed by atoms with E-state index >= 15 is 0 Å². The fourth-order valence-corrected chi connectivity index (χ4v) is 3.50. The first kappa shape index (κ1) is 25.0. The number of nitrogens with one attached hydrogen (secondary N) is 2. The van der Waals surface area contributed by atoms with Gasteiger partial charge in [-0.25, -0.2) is 9.48 Å². The van der Waals surface area contributed by atoms with E-state index < -0.39 is 0 Å². The van der Waals surface area contributed by atoms with Crippen molar-refractivity contribution in [1.29, 1.82) is 0 Å². The summed E-state index contributed by atoms with van der Waals surface area (Å²) in [6.45, 7) is 12.7. The summed E-state index contributed by atoms with van der Waals surface area (Å²) in [4.78, 5) is 27.5. The molecular weight excluding hydrogens is 426 g/mol. The second kappa shape index (κ2) is 10.5. The minimum absolute atomic E-state index is 0.0602. The van der Waals surface area contributed by atoms with Gasteiger partial charge in [0.1, 0.15) is 12.4 Å². The Hall–Kier alpha value is -3.61. The van der Waals surface area contributed by atoms with Crippen LogP contribution in [-0.4, -0.2) is 39.7 Å². The molecule has 34 heavy (non-hydrogen) atoms. The van der Waals surface area contributed by atoms with Gasteiger partial charge < -0.3 is 15.5 Å². The zero-order valence-corrected chi connectivity index (χ0v) is 21.0. The highest BCUT2D eigenvalue weighted by Gasteiger charge is 2.23. The van der Waals surface area contributed by atoms with Crippen molar-refractivity contribution in [2.45, 2.75) is 53.4 Å². The zero-order chi connectivity index (χ0) is 24.9. The molecule has 180 valence electrons. The van der Waals surface area contributed by atoms with Crippen LogP contribution in [0.1, 0.15) is 50.9 Å². The summed E-state index contributed by atoms with van der Waals surface area (Å²) in [7, 11) is 0. The van der Waals surface area contributed by atoms with Crippen LogP contribution in [0.2, 0.25) is 0 Å². The second-order valence-electron chi connectivity index (χ2n) is 9.61. The number of para-hydroxylation sites is 1. The first-order chi connectivity index (χ1) is 16.1. The van der Waals surface area contributed by atoms with Gasteiger partial charge >= 0.3 is 6.03 Å². The highest BCUT2D eigenvalue weighted by atomic mass is 16.2. The van der Waals surface area contributed by atoms with E-state index in [0.717, 1.165) is 28.9 Å². The number of amides is 3. The van der Waals surface area contributed by atoms with E-state index in [0.29, 0.717) is 18.1 Å². The van der Waals surface area contributed by atoms with Gasteiger partial charge in [0.25, 0.3) is 0 Å². The summed E-state index contributed by atoms with van der Waals surface area (Å²) >= 11 is 0. The molecule has 1 aromatic heterocycles. The molecule has 3 rings (SSSR count). The maximum absolute atomic E-state index is 13.0.